The Morgan fingerprint density at radius 3 is 2.67 bits per heavy atom. The maximum atomic E-state index is 12.9. The summed E-state index contributed by atoms with van der Waals surface area (Å²) in [5.74, 6) is 1.24. The second kappa shape index (κ2) is 8.46. The highest BCUT2D eigenvalue weighted by Gasteiger charge is 2.19. The highest BCUT2D eigenvalue weighted by molar-refractivity contribution is 7.16. The maximum absolute atomic E-state index is 12.9. The number of ether oxygens (including phenoxy) is 1. The van der Waals surface area contributed by atoms with Crippen molar-refractivity contribution < 1.29 is 9.53 Å². The van der Waals surface area contributed by atoms with Crippen LogP contribution in [0.3, 0.4) is 0 Å². The van der Waals surface area contributed by atoms with Crippen LogP contribution >= 0.6 is 11.3 Å². The lowest BCUT2D eigenvalue weighted by Crippen LogP contribution is -2.14. The summed E-state index contributed by atoms with van der Waals surface area (Å²) in [6.45, 7) is 3.98. The lowest BCUT2D eigenvalue weighted by Gasteiger charge is -2.06. The predicted molar refractivity (Wildman–Crippen MR) is 118 cm³/mol. The number of carbonyl (C=O) groups excluding carboxylic acids is 1. The highest BCUT2D eigenvalue weighted by atomic mass is 32.1. The van der Waals surface area contributed by atoms with Crippen LogP contribution in [-0.2, 0) is 6.42 Å². The summed E-state index contributed by atoms with van der Waals surface area (Å²) in [7, 11) is 1.64. The number of anilines is 1. The summed E-state index contributed by atoms with van der Waals surface area (Å²) >= 11 is 1.44. The summed E-state index contributed by atoms with van der Waals surface area (Å²) in [6.07, 6.45) is 3.93. The van der Waals surface area contributed by atoms with E-state index in [-0.39, 0.29) is 5.91 Å². The van der Waals surface area contributed by atoms with Crippen molar-refractivity contribution >= 4 is 22.4 Å². The number of thiazole rings is 1. The molecule has 0 spiro atoms. The van der Waals surface area contributed by atoms with Crippen LogP contribution in [0, 0.1) is 6.92 Å². The molecule has 0 aliphatic rings. The summed E-state index contributed by atoms with van der Waals surface area (Å²) in [5, 5.41) is 7.84. The van der Waals surface area contributed by atoms with Gasteiger partial charge in [0.1, 0.15) is 5.75 Å². The van der Waals surface area contributed by atoms with E-state index in [1.807, 2.05) is 56.3 Å². The topological polar surface area (TPSA) is 81.9 Å². The van der Waals surface area contributed by atoms with Crippen LogP contribution < -0.4 is 10.1 Å². The van der Waals surface area contributed by atoms with Gasteiger partial charge in [-0.15, -0.1) is 11.3 Å². The normalized spacial score (nSPS) is 10.8. The van der Waals surface area contributed by atoms with Gasteiger partial charge in [0, 0.05) is 16.6 Å². The van der Waals surface area contributed by atoms with Crippen molar-refractivity contribution in [3.63, 3.8) is 0 Å². The van der Waals surface area contributed by atoms with Crippen molar-refractivity contribution in [2.75, 3.05) is 12.4 Å². The summed E-state index contributed by atoms with van der Waals surface area (Å²) in [6, 6.07) is 13.3. The minimum absolute atomic E-state index is 0.232. The van der Waals surface area contributed by atoms with E-state index in [9.17, 15) is 4.79 Å². The van der Waals surface area contributed by atoms with Crippen LogP contribution in [-0.4, -0.2) is 32.8 Å². The molecule has 1 aromatic carbocycles. The second-order valence-corrected chi connectivity index (χ2v) is 7.77. The minimum atomic E-state index is -0.232. The van der Waals surface area contributed by atoms with E-state index in [0.29, 0.717) is 22.9 Å². The predicted octanol–water partition coefficient (Wildman–Crippen LogP) is 4.52. The number of rotatable bonds is 6. The number of hydrogen-bond acceptors (Lipinski definition) is 6. The molecule has 3 heterocycles. The van der Waals surface area contributed by atoms with Gasteiger partial charge in [-0.1, -0.05) is 13.0 Å². The Morgan fingerprint density at radius 1 is 1.20 bits per heavy atom. The zero-order chi connectivity index (χ0) is 21.1. The Balaban J connectivity index is 1.58. The molecule has 3 aromatic heterocycles. The molecule has 152 valence electrons. The molecule has 1 N–H and O–H groups in total. The third-order valence-corrected chi connectivity index (χ3v) is 5.58. The first-order valence-electron chi connectivity index (χ1n) is 9.52. The van der Waals surface area contributed by atoms with Crippen molar-refractivity contribution in [1.29, 1.82) is 0 Å². The lowest BCUT2D eigenvalue weighted by molar-refractivity contribution is 0.102. The molecule has 0 atom stereocenters. The molecule has 0 unspecified atom stereocenters. The van der Waals surface area contributed by atoms with Gasteiger partial charge in [0.15, 0.2) is 10.9 Å². The van der Waals surface area contributed by atoms with Crippen molar-refractivity contribution in [2.24, 2.45) is 0 Å². The summed E-state index contributed by atoms with van der Waals surface area (Å²) in [4.78, 5) is 22.9. The van der Waals surface area contributed by atoms with Gasteiger partial charge in [-0.3, -0.25) is 10.1 Å². The number of nitrogens with zero attached hydrogens (tertiary/aromatic N) is 4. The Kier molecular flexibility index (Phi) is 5.58. The molecule has 0 fully saturated rings. The molecule has 0 saturated heterocycles. The molecular formula is C22H21N5O2S. The van der Waals surface area contributed by atoms with Crippen LogP contribution in [0.5, 0.6) is 5.75 Å². The van der Waals surface area contributed by atoms with E-state index >= 15 is 0 Å². The molecule has 0 radical (unpaired) electrons. The van der Waals surface area contributed by atoms with Crippen LogP contribution in [0.15, 0.2) is 54.9 Å². The van der Waals surface area contributed by atoms with Crippen LogP contribution in [0.2, 0.25) is 0 Å². The first-order valence-corrected chi connectivity index (χ1v) is 10.3. The Morgan fingerprint density at radius 2 is 2.00 bits per heavy atom. The zero-order valence-electron chi connectivity index (χ0n) is 16.9. The number of pyridine rings is 1. The molecule has 8 heteroatoms. The van der Waals surface area contributed by atoms with Gasteiger partial charge in [-0.25, -0.2) is 14.6 Å². The monoisotopic (exact) mass is 419 g/mol. The molecule has 7 nitrogen and oxygen atoms in total. The highest BCUT2D eigenvalue weighted by Crippen LogP contribution is 2.31. The summed E-state index contributed by atoms with van der Waals surface area (Å²) < 4.78 is 6.91. The van der Waals surface area contributed by atoms with Gasteiger partial charge in [-0.05, 0) is 49.7 Å². The van der Waals surface area contributed by atoms with Crippen LogP contribution in [0.1, 0.15) is 27.9 Å². The Bertz CT molecular complexity index is 1170. The third-order valence-electron chi connectivity index (χ3n) is 4.70. The second-order valence-electron chi connectivity index (χ2n) is 6.56. The van der Waals surface area contributed by atoms with E-state index in [4.69, 9.17) is 4.74 Å². The SMILES string of the molecule is CCc1c(C(=O)Nc2nc(-c3ccc(OC)cc3)c(C)s2)cnn1-c1ccccn1. The van der Waals surface area contributed by atoms with E-state index in [2.05, 4.69) is 20.4 Å². The quantitative estimate of drug-likeness (QED) is 0.497. The number of nitrogens with one attached hydrogen (secondary N) is 1. The van der Waals surface area contributed by atoms with Crippen molar-refractivity contribution in [2.45, 2.75) is 20.3 Å². The third kappa shape index (κ3) is 3.81. The number of aromatic nitrogens is 4. The van der Waals surface area contributed by atoms with E-state index in [0.717, 1.165) is 27.6 Å². The Hall–Kier alpha value is -3.52. The van der Waals surface area contributed by atoms with Crippen LogP contribution in [0.4, 0.5) is 5.13 Å². The molecular weight excluding hydrogens is 398 g/mol. The lowest BCUT2D eigenvalue weighted by atomic mass is 10.1. The van der Waals surface area contributed by atoms with E-state index in [1.54, 1.807) is 24.2 Å². The molecule has 30 heavy (non-hydrogen) atoms. The first kappa shape index (κ1) is 19.8. The molecule has 0 saturated carbocycles. The molecule has 1 amide bonds. The van der Waals surface area contributed by atoms with Crippen LogP contribution in [0.25, 0.3) is 17.1 Å². The fraction of sp³-hybridized carbons (Fsp3) is 0.182. The van der Waals surface area contributed by atoms with Crippen molar-refractivity contribution in [3.8, 4) is 22.8 Å². The number of carbonyl (C=O) groups is 1. The molecule has 4 rings (SSSR count). The fourth-order valence-electron chi connectivity index (χ4n) is 3.21. The van der Waals surface area contributed by atoms with Gasteiger partial charge in [0.2, 0.25) is 0 Å². The molecule has 0 aliphatic carbocycles. The zero-order valence-corrected chi connectivity index (χ0v) is 17.7. The standard InChI is InChI=1S/C22H21N5O2S/c1-4-18-17(13-24-27(18)19-7-5-6-12-23-19)21(28)26-22-25-20(14(2)30-22)15-8-10-16(29-3)11-9-15/h5-13H,4H2,1-3H3,(H,25,26,28). The molecule has 0 aliphatic heterocycles. The smallest absolute Gasteiger partial charge is 0.260 e. The van der Waals surface area contributed by atoms with Gasteiger partial charge in [0.05, 0.1) is 30.3 Å². The van der Waals surface area contributed by atoms with E-state index < -0.39 is 0 Å². The fourth-order valence-corrected chi connectivity index (χ4v) is 4.04. The number of methoxy groups -OCH3 is 1. The molecule has 4 aromatic rings. The van der Waals surface area contributed by atoms with E-state index in [1.165, 1.54) is 11.3 Å². The average Bonchev–Trinajstić information content (AvgIpc) is 3.37. The maximum Gasteiger partial charge on any atom is 0.260 e. The largest absolute Gasteiger partial charge is 0.497 e. The average molecular weight is 420 g/mol. The number of aryl methyl sites for hydroxylation is 1. The Labute approximate surface area is 178 Å². The van der Waals surface area contributed by atoms with Crippen molar-refractivity contribution in [3.05, 3.63) is 71.0 Å². The van der Waals surface area contributed by atoms with Gasteiger partial charge >= 0.3 is 0 Å². The van der Waals surface area contributed by atoms with Gasteiger partial charge in [-0.2, -0.15) is 5.10 Å². The van der Waals surface area contributed by atoms with Gasteiger partial charge in [0.25, 0.3) is 5.91 Å². The summed E-state index contributed by atoms with van der Waals surface area (Å²) in [5.41, 5.74) is 3.14. The first-order chi connectivity index (χ1) is 14.6. The molecule has 0 bridgehead atoms. The van der Waals surface area contributed by atoms with Gasteiger partial charge < -0.3 is 4.74 Å². The number of amides is 1. The number of benzene rings is 1. The number of hydrogen-bond donors (Lipinski definition) is 1. The van der Waals surface area contributed by atoms with Crippen molar-refractivity contribution in [1.82, 2.24) is 19.7 Å². The minimum Gasteiger partial charge on any atom is -0.497 e.